The van der Waals surface area contributed by atoms with Gasteiger partial charge in [-0.05, 0) is 5.56 Å². The van der Waals surface area contributed by atoms with Crippen molar-refractivity contribution in [3.8, 4) is 0 Å². The Morgan fingerprint density at radius 1 is 1.17 bits per heavy atom. The third kappa shape index (κ3) is 3.11. The van der Waals surface area contributed by atoms with Gasteiger partial charge in [0, 0.05) is 39.8 Å². The molecular weight excluding hydrogens is 292 g/mol. The summed E-state index contributed by atoms with van der Waals surface area (Å²) in [5.74, 6) is -0.00503. The van der Waals surface area contributed by atoms with Crippen LogP contribution in [0.1, 0.15) is 28.9 Å². The van der Waals surface area contributed by atoms with Crippen molar-refractivity contribution in [3.05, 3.63) is 53.9 Å². The molecule has 3 rings (SSSR count). The number of carbonyl (C=O) groups is 2. The molecule has 0 N–H and O–H groups in total. The van der Waals surface area contributed by atoms with Crippen LogP contribution in [0.5, 0.6) is 0 Å². The molecule has 0 radical (unpaired) electrons. The number of amides is 2. The Bertz CT molecular complexity index is 710. The van der Waals surface area contributed by atoms with Crippen LogP contribution < -0.4 is 0 Å². The van der Waals surface area contributed by atoms with Crippen LogP contribution in [0.3, 0.4) is 0 Å². The summed E-state index contributed by atoms with van der Waals surface area (Å²) in [4.78, 5) is 28.2. The maximum absolute atomic E-state index is 12.8. The quantitative estimate of drug-likeness (QED) is 0.843. The Morgan fingerprint density at radius 2 is 1.91 bits per heavy atom. The van der Waals surface area contributed by atoms with Gasteiger partial charge in [-0.2, -0.15) is 5.10 Å². The van der Waals surface area contributed by atoms with E-state index in [-0.39, 0.29) is 17.9 Å². The van der Waals surface area contributed by atoms with Crippen LogP contribution in [-0.2, 0) is 11.8 Å². The number of nitrogens with zero attached hydrogens (tertiary/aromatic N) is 4. The van der Waals surface area contributed by atoms with Crippen LogP contribution in [-0.4, -0.2) is 51.0 Å². The van der Waals surface area contributed by atoms with Gasteiger partial charge < -0.3 is 9.80 Å². The maximum atomic E-state index is 12.8. The molecule has 6 nitrogen and oxygen atoms in total. The second-order valence-corrected chi connectivity index (χ2v) is 5.79. The van der Waals surface area contributed by atoms with E-state index in [1.54, 1.807) is 35.9 Å². The molecule has 1 atom stereocenters. The molecule has 1 aliphatic heterocycles. The van der Waals surface area contributed by atoms with Gasteiger partial charge in [0.05, 0.1) is 17.8 Å². The van der Waals surface area contributed by atoms with E-state index in [0.717, 1.165) is 5.56 Å². The number of hydrogen-bond acceptors (Lipinski definition) is 3. The highest BCUT2D eigenvalue weighted by Crippen LogP contribution is 2.27. The Hall–Kier alpha value is -2.63. The van der Waals surface area contributed by atoms with Gasteiger partial charge in [0.15, 0.2) is 0 Å². The minimum atomic E-state index is -0.137. The first kappa shape index (κ1) is 15.3. The predicted molar refractivity (Wildman–Crippen MR) is 85.7 cm³/mol. The Kier molecular flexibility index (Phi) is 4.14. The van der Waals surface area contributed by atoms with Crippen molar-refractivity contribution in [2.75, 3.05) is 19.6 Å². The minimum absolute atomic E-state index is 0.0411. The second-order valence-electron chi connectivity index (χ2n) is 5.79. The van der Waals surface area contributed by atoms with Crippen LogP contribution in [0.4, 0.5) is 0 Å². The number of benzene rings is 1. The van der Waals surface area contributed by atoms with E-state index >= 15 is 0 Å². The standard InChI is InChI=1S/C17H20N4O2/c1-13(22)20-8-9-21(17(23)15-10-18-19(2)11-15)16(12-20)14-6-4-3-5-7-14/h3-7,10-11,16H,8-9,12H2,1-2H3/t16-/m1/s1. The van der Waals surface area contributed by atoms with Gasteiger partial charge in [-0.15, -0.1) is 0 Å². The predicted octanol–water partition coefficient (Wildman–Crippen LogP) is 1.47. The molecule has 23 heavy (non-hydrogen) atoms. The summed E-state index contributed by atoms with van der Waals surface area (Å²) in [6, 6.07) is 9.71. The van der Waals surface area contributed by atoms with E-state index < -0.39 is 0 Å². The van der Waals surface area contributed by atoms with Crippen LogP contribution in [0.2, 0.25) is 0 Å². The smallest absolute Gasteiger partial charge is 0.257 e. The molecule has 2 aromatic rings. The van der Waals surface area contributed by atoms with Crippen molar-refractivity contribution in [2.45, 2.75) is 13.0 Å². The normalized spacial score (nSPS) is 18.1. The molecule has 1 aromatic heterocycles. The molecule has 120 valence electrons. The van der Waals surface area contributed by atoms with E-state index in [9.17, 15) is 9.59 Å². The van der Waals surface area contributed by atoms with Gasteiger partial charge in [0.1, 0.15) is 0 Å². The molecule has 0 saturated carbocycles. The van der Waals surface area contributed by atoms with Gasteiger partial charge in [0.2, 0.25) is 5.91 Å². The highest BCUT2D eigenvalue weighted by molar-refractivity contribution is 5.94. The fourth-order valence-electron chi connectivity index (χ4n) is 2.97. The van der Waals surface area contributed by atoms with E-state index in [0.29, 0.717) is 25.2 Å². The van der Waals surface area contributed by atoms with Gasteiger partial charge in [-0.1, -0.05) is 30.3 Å². The van der Waals surface area contributed by atoms with Gasteiger partial charge in [0.25, 0.3) is 5.91 Å². The van der Waals surface area contributed by atoms with Crippen molar-refractivity contribution < 1.29 is 9.59 Å². The van der Waals surface area contributed by atoms with Crippen molar-refractivity contribution >= 4 is 11.8 Å². The van der Waals surface area contributed by atoms with E-state index in [1.807, 2.05) is 35.2 Å². The third-order valence-electron chi connectivity index (χ3n) is 4.22. The fraction of sp³-hybridized carbons (Fsp3) is 0.353. The van der Waals surface area contributed by atoms with E-state index in [2.05, 4.69) is 5.10 Å². The van der Waals surface area contributed by atoms with Gasteiger partial charge >= 0.3 is 0 Å². The first-order chi connectivity index (χ1) is 11.1. The van der Waals surface area contributed by atoms with Crippen molar-refractivity contribution in [1.82, 2.24) is 19.6 Å². The molecule has 0 unspecified atom stereocenters. The summed E-state index contributed by atoms with van der Waals surface area (Å²) in [7, 11) is 1.79. The molecule has 0 bridgehead atoms. The van der Waals surface area contributed by atoms with Gasteiger partial charge in [-0.25, -0.2) is 0 Å². The highest BCUT2D eigenvalue weighted by atomic mass is 16.2. The lowest BCUT2D eigenvalue weighted by molar-refractivity contribution is -0.131. The van der Waals surface area contributed by atoms with E-state index in [1.165, 1.54) is 0 Å². The van der Waals surface area contributed by atoms with Crippen molar-refractivity contribution in [2.24, 2.45) is 7.05 Å². The Labute approximate surface area is 135 Å². The Balaban J connectivity index is 1.90. The molecule has 0 spiro atoms. The van der Waals surface area contributed by atoms with Crippen LogP contribution >= 0.6 is 0 Å². The van der Waals surface area contributed by atoms with Crippen LogP contribution in [0.25, 0.3) is 0 Å². The molecular formula is C17H20N4O2. The third-order valence-corrected chi connectivity index (χ3v) is 4.22. The summed E-state index contributed by atoms with van der Waals surface area (Å²) in [6.45, 7) is 3.17. The number of carbonyl (C=O) groups excluding carboxylic acids is 2. The average molecular weight is 312 g/mol. The summed E-state index contributed by atoms with van der Waals surface area (Å²) < 4.78 is 1.62. The summed E-state index contributed by atoms with van der Waals surface area (Å²) in [6.07, 6.45) is 3.31. The molecule has 2 heterocycles. The zero-order valence-electron chi connectivity index (χ0n) is 13.3. The molecule has 1 fully saturated rings. The van der Waals surface area contributed by atoms with Crippen LogP contribution in [0.15, 0.2) is 42.7 Å². The number of hydrogen-bond donors (Lipinski definition) is 0. The summed E-state index contributed by atoms with van der Waals surface area (Å²) >= 11 is 0. The molecule has 1 aliphatic rings. The second kappa shape index (κ2) is 6.24. The molecule has 6 heteroatoms. The zero-order valence-corrected chi connectivity index (χ0v) is 13.3. The largest absolute Gasteiger partial charge is 0.339 e. The highest BCUT2D eigenvalue weighted by Gasteiger charge is 2.33. The topological polar surface area (TPSA) is 58.4 Å². The zero-order chi connectivity index (χ0) is 16.4. The summed E-state index contributed by atoms with van der Waals surface area (Å²) in [5.41, 5.74) is 1.61. The Morgan fingerprint density at radius 3 is 2.52 bits per heavy atom. The lowest BCUT2D eigenvalue weighted by Gasteiger charge is -2.41. The first-order valence-corrected chi connectivity index (χ1v) is 7.66. The summed E-state index contributed by atoms with van der Waals surface area (Å²) in [5, 5.41) is 4.08. The van der Waals surface area contributed by atoms with Gasteiger partial charge in [-0.3, -0.25) is 14.3 Å². The molecule has 0 aliphatic carbocycles. The average Bonchev–Trinajstić information content (AvgIpc) is 3.01. The van der Waals surface area contributed by atoms with Crippen molar-refractivity contribution in [3.63, 3.8) is 0 Å². The SMILES string of the molecule is CC(=O)N1CCN(C(=O)c2cnn(C)c2)[C@@H](c2ccccc2)C1. The number of rotatable bonds is 2. The van der Waals surface area contributed by atoms with Crippen molar-refractivity contribution in [1.29, 1.82) is 0 Å². The van der Waals surface area contributed by atoms with E-state index in [4.69, 9.17) is 0 Å². The fourth-order valence-corrected chi connectivity index (χ4v) is 2.97. The number of aromatic nitrogens is 2. The molecule has 2 amide bonds. The molecule has 1 aromatic carbocycles. The maximum Gasteiger partial charge on any atom is 0.257 e. The monoisotopic (exact) mass is 312 g/mol. The number of aryl methyl sites for hydroxylation is 1. The lowest BCUT2D eigenvalue weighted by Crippen LogP contribution is -2.51. The lowest BCUT2D eigenvalue weighted by atomic mass is 10.0. The number of piperazine rings is 1. The first-order valence-electron chi connectivity index (χ1n) is 7.66. The minimum Gasteiger partial charge on any atom is -0.339 e. The molecule has 1 saturated heterocycles. The van der Waals surface area contributed by atoms with Crippen LogP contribution in [0, 0.1) is 0 Å².